The molecule has 0 unspecified atom stereocenters. The highest BCUT2D eigenvalue weighted by Gasteiger charge is 2.29. The van der Waals surface area contributed by atoms with Crippen molar-refractivity contribution in [2.24, 2.45) is 0 Å². The first-order valence-electron chi connectivity index (χ1n) is 5.91. The maximum absolute atomic E-state index is 11.9. The van der Waals surface area contributed by atoms with Gasteiger partial charge >= 0.3 is 0 Å². The van der Waals surface area contributed by atoms with E-state index in [1.165, 1.54) is 22.7 Å². The predicted molar refractivity (Wildman–Crippen MR) is 70.7 cm³/mol. The number of amides is 1. The zero-order valence-corrected chi connectivity index (χ0v) is 12.4. The standard InChI is InChI=1S/C10H20ClN3O3S/c1-12(2)18(16,17)14-8-6-13(7-9-14)10(15)4-3-5-11/h3-9H2,1-2H3. The molecule has 0 saturated carbocycles. The Morgan fingerprint density at radius 1 is 1.22 bits per heavy atom. The molecule has 0 aliphatic carbocycles. The fraction of sp³-hybridized carbons (Fsp3) is 0.900. The van der Waals surface area contributed by atoms with Crippen LogP contribution in [-0.4, -0.2) is 74.0 Å². The number of hydrogen-bond donors (Lipinski definition) is 0. The van der Waals surface area contributed by atoms with Crippen molar-refractivity contribution < 1.29 is 13.2 Å². The molecule has 18 heavy (non-hydrogen) atoms. The van der Waals surface area contributed by atoms with Gasteiger partial charge in [-0.25, -0.2) is 0 Å². The van der Waals surface area contributed by atoms with E-state index in [1.54, 1.807) is 4.90 Å². The molecule has 0 aromatic heterocycles. The second kappa shape index (κ2) is 6.70. The zero-order valence-electron chi connectivity index (χ0n) is 10.8. The molecule has 1 heterocycles. The maximum atomic E-state index is 11.9. The topological polar surface area (TPSA) is 60.9 Å². The van der Waals surface area contributed by atoms with Crippen molar-refractivity contribution in [1.82, 2.24) is 13.5 Å². The van der Waals surface area contributed by atoms with Crippen LogP contribution in [0.2, 0.25) is 0 Å². The van der Waals surface area contributed by atoms with E-state index in [4.69, 9.17) is 11.6 Å². The van der Waals surface area contributed by atoms with Gasteiger partial charge in [0.1, 0.15) is 0 Å². The molecule has 0 aromatic carbocycles. The van der Waals surface area contributed by atoms with E-state index in [9.17, 15) is 13.2 Å². The number of carbonyl (C=O) groups is 1. The molecule has 0 atom stereocenters. The number of piperazine rings is 1. The molecule has 1 fully saturated rings. The van der Waals surface area contributed by atoms with Gasteiger partial charge in [0.25, 0.3) is 10.2 Å². The molecule has 106 valence electrons. The van der Waals surface area contributed by atoms with Crippen LogP contribution in [0.15, 0.2) is 0 Å². The average Bonchev–Trinajstić information content (AvgIpc) is 2.35. The van der Waals surface area contributed by atoms with Gasteiger partial charge in [-0.15, -0.1) is 11.6 Å². The zero-order chi connectivity index (χ0) is 13.8. The van der Waals surface area contributed by atoms with E-state index in [-0.39, 0.29) is 5.91 Å². The summed E-state index contributed by atoms with van der Waals surface area (Å²) in [4.78, 5) is 13.4. The van der Waals surface area contributed by atoms with Crippen molar-refractivity contribution in [1.29, 1.82) is 0 Å². The predicted octanol–water partition coefficient (Wildman–Crippen LogP) is -0.0440. The van der Waals surface area contributed by atoms with Crippen LogP contribution >= 0.6 is 11.6 Å². The third kappa shape index (κ3) is 3.81. The average molecular weight is 298 g/mol. The van der Waals surface area contributed by atoms with Gasteiger partial charge in [0.05, 0.1) is 0 Å². The smallest absolute Gasteiger partial charge is 0.281 e. The Hall–Kier alpha value is -0.370. The summed E-state index contributed by atoms with van der Waals surface area (Å²) in [6.07, 6.45) is 1.10. The van der Waals surface area contributed by atoms with E-state index in [2.05, 4.69) is 0 Å². The quantitative estimate of drug-likeness (QED) is 0.669. The Kier molecular flexibility index (Phi) is 5.84. The van der Waals surface area contributed by atoms with Crippen molar-refractivity contribution in [2.75, 3.05) is 46.2 Å². The number of hydrogen-bond acceptors (Lipinski definition) is 3. The second-order valence-electron chi connectivity index (χ2n) is 4.36. The summed E-state index contributed by atoms with van der Waals surface area (Å²) >= 11 is 5.54. The third-order valence-electron chi connectivity index (χ3n) is 2.90. The van der Waals surface area contributed by atoms with E-state index in [1.807, 2.05) is 0 Å². The van der Waals surface area contributed by atoms with Gasteiger partial charge in [-0.1, -0.05) is 0 Å². The van der Waals surface area contributed by atoms with Gasteiger partial charge < -0.3 is 4.90 Å². The van der Waals surface area contributed by atoms with Gasteiger partial charge in [0.2, 0.25) is 5.91 Å². The van der Waals surface area contributed by atoms with E-state index >= 15 is 0 Å². The van der Waals surface area contributed by atoms with Crippen molar-refractivity contribution >= 4 is 27.7 Å². The lowest BCUT2D eigenvalue weighted by Crippen LogP contribution is -2.53. The van der Waals surface area contributed by atoms with Crippen molar-refractivity contribution in [3.8, 4) is 0 Å². The highest BCUT2D eigenvalue weighted by molar-refractivity contribution is 7.86. The number of alkyl halides is 1. The molecule has 1 aliphatic heterocycles. The minimum Gasteiger partial charge on any atom is -0.340 e. The molecule has 0 radical (unpaired) electrons. The van der Waals surface area contributed by atoms with Crippen molar-refractivity contribution in [3.05, 3.63) is 0 Å². The van der Waals surface area contributed by atoms with E-state index < -0.39 is 10.2 Å². The van der Waals surface area contributed by atoms with E-state index in [0.717, 1.165) is 0 Å². The lowest BCUT2D eigenvalue weighted by Gasteiger charge is -2.35. The molecule has 0 N–H and O–H groups in total. The third-order valence-corrected chi connectivity index (χ3v) is 5.11. The summed E-state index contributed by atoms with van der Waals surface area (Å²) < 4.78 is 26.3. The molecule has 0 bridgehead atoms. The summed E-state index contributed by atoms with van der Waals surface area (Å²) in [5, 5.41) is 0. The van der Waals surface area contributed by atoms with Crippen LogP contribution in [0.25, 0.3) is 0 Å². The van der Waals surface area contributed by atoms with Crippen LogP contribution in [-0.2, 0) is 15.0 Å². The summed E-state index contributed by atoms with van der Waals surface area (Å²) in [7, 11) is -0.344. The first-order valence-corrected chi connectivity index (χ1v) is 7.84. The monoisotopic (exact) mass is 297 g/mol. The molecule has 6 nitrogen and oxygen atoms in total. The molecular formula is C10H20ClN3O3S. The van der Waals surface area contributed by atoms with Crippen LogP contribution in [0.5, 0.6) is 0 Å². The van der Waals surface area contributed by atoms with Crippen molar-refractivity contribution in [3.63, 3.8) is 0 Å². The molecule has 1 amide bonds. The highest BCUT2D eigenvalue weighted by Crippen LogP contribution is 2.11. The minimum atomic E-state index is -3.36. The number of carbonyl (C=O) groups excluding carboxylic acids is 1. The van der Waals surface area contributed by atoms with Gasteiger partial charge in [0.15, 0.2) is 0 Å². The minimum absolute atomic E-state index is 0.0533. The molecule has 0 spiro atoms. The molecule has 1 rings (SSSR count). The van der Waals surface area contributed by atoms with Gasteiger partial charge in [0, 0.05) is 52.6 Å². The number of halogens is 1. The van der Waals surface area contributed by atoms with Crippen LogP contribution in [0.1, 0.15) is 12.8 Å². The van der Waals surface area contributed by atoms with Crippen molar-refractivity contribution in [2.45, 2.75) is 12.8 Å². The maximum Gasteiger partial charge on any atom is 0.281 e. The SMILES string of the molecule is CN(C)S(=O)(=O)N1CCN(C(=O)CCCCl)CC1. The van der Waals surface area contributed by atoms with Crippen LogP contribution < -0.4 is 0 Å². The first kappa shape index (κ1) is 15.7. The van der Waals surface area contributed by atoms with Crippen LogP contribution in [0.4, 0.5) is 0 Å². The van der Waals surface area contributed by atoms with Gasteiger partial charge in [-0.3, -0.25) is 4.79 Å². The Morgan fingerprint density at radius 3 is 2.22 bits per heavy atom. The summed E-state index contributed by atoms with van der Waals surface area (Å²) in [6, 6.07) is 0. The Bertz CT molecular complexity index is 378. The second-order valence-corrected chi connectivity index (χ2v) is 6.88. The first-order chi connectivity index (χ1) is 8.39. The molecule has 0 aromatic rings. The van der Waals surface area contributed by atoms with Crippen LogP contribution in [0, 0.1) is 0 Å². The number of nitrogens with zero attached hydrogens (tertiary/aromatic N) is 3. The Balaban J connectivity index is 2.49. The Morgan fingerprint density at radius 2 is 1.78 bits per heavy atom. The molecular weight excluding hydrogens is 278 g/mol. The molecule has 8 heteroatoms. The van der Waals surface area contributed by atoms with Gasteiger partial charge in [-0.2, -0.15) is 17.0 Å². The lowest BCUT2D eigenvalue weighted by molar-refractivity contribution is -0.132. The largest absolute Gasteiger partial charge is 0.340 e. The van der Waals surface area contributed by atoms with E-state index in [0.29, 0.717) is 44.9 Å². The van der Waals surface area contributed by atoms with Gasteiger partial charge in [-0.05, 0) is 6.42 Å². The fourth-order valence-corrected chi connectivity index (χ4v) is 3.00. The summed E-state index contributed by atoms with van der Waals surface area (Å²) in [5.41, 5.74) is 0. The summed E-state index contributed by atoms with van der Waals surface area (Å²) in [6.45, 7) is 1.61. The molecule has 1 saturated heterocycles. The highest BCUT2D eigenvalue weighted by atomic mass is 35.5. The normalized spacial score (nSPS) is 18.3. The fourth-order valence-electron chi connectivity index (χ4n) is 1.78. The lowest BCUT2D eigenvalue weighted by atomic mass is 10.2. The Labute approximate surface area is 114 Å². The number of rotatable bonds is 5. The summed E-state index contributed by atoms with van der Waals surface area (Å²) in [5.74, 6) is 0.526. The molecule has 1 aliphatic rings. The van der Waals surface area contributed by atoms with Crippen LogP contribution in [0.3, 0.4) is 0 Å².